The number of fused-ring (bicyclic) bond motifs is 1. The highest BCUT2D eigenvalue weighted by Gasteiger charge is 2.43. The molecule has 3 fully saturated rings. The number of aryl methyl sites for hydroxylation is 1. The first-order valence-electron chi connectivity index (χ1n) is 13.8. The van der Waals surface area contributed by atoms with Gasteiger partial charge in [-0.1, -0.05) is 40.0 Å². The Morgan fingerprint density at radius 1 is 1.10 bits per heavy atom. The van der Waals surface area contributed by atoms with Crippen LogP contribution in [0.15, 0.2) is 52.6 Å². The van der Waals surface area contributed by atoms with Crippen LogP contribution in [0.4, 0.5) is 5.69 Å². The van der Waals surface area contributed by atoms with Crippen molar-refractivity contribution in [1.29, 1.82) is 0 Å². The van der Waals surface area contributed by atoms with Crippen LogP contribution < -0.4 is 4.90 Å². The Bertz CT molecular complexity index is 1670. The summed E-state index contributed by atoms with van der Waals surface area (Å²) in [6, 6.07) is 13.6. The largest absolute Gasteiger partial charge is 0.477 e. The van der Waals surface area contributed by atoms with Gasteiger partial charge in [0.1, 0.15) is 11.5 Å². The van der Waals surface area contributed by atoms with Crippen LogP contribution in [0.5, 0.6) is 0 Å². The minimum Gasteiger partial charge on any atom is -0.477 e. The Hall–Kier alpha value is -3.35. The van der Waals surface area contributed by atoms with Gasteiger partial charge in [-0.3, -0.25) is 0 Å². The van der Waals surface area contributed by atoms with Crippen molar-refractivity contribution in [3.05, 3.63) is 80.7 Å². The Labute approximate surface area is 242 Å². The molecule has 2 aliphatic carbocycles. The number of carbonyl (C=O) groups is 1. The van der Waals surface area contributed by atoms with Gasteiger partial charge in [0.25, 0.3) is 0 Å². The van der Waals surface area contributed by atoms with Crippen LogP contribution in [0.25, 0.3) is 28.2 Å². The molecule has 8 heteroatoms. The third kappa shape index (κ3) is 4.47. The van der Waals surface area contributed by atoms with Crippen LogP contribution in [0.1, 0.15) is 71.8 Å². The van der Waals surface area contributed by atoms with Crippen LogP contribution in [0, 0.1) is 12.3 Å². The molecule has 204 valence electrons. The number of anilines is 1. The summed E-state index contributed by atoms with van der Waals surface area (Å²) >= 11 is 13.1. The van der Waals surface area contributed by atoms with Crippen LogP contribution in [0.3, 0.4) is 0 Å². The van der Waals surface area contributed by atoms with Gasteiger partial charge < -0.3 is 14.5 Å². The second-order valence-corrected chi connectivity index (χ2v) is 12.5. The minimum absolute atomic E-state index is 0.117. The first-order chi connectivity index (χ1) is 19.3. The zero-order chi connectivity index (χ0) is 27.6. The monoisotopic (exact) mass is 573 g/mol. The lowest BCUT2D eigenvalue weighted by molar-refractivity contribution is 0.0690. The highest BCUT2D eigenvalue weighted by atomic mass is 35.5. The lowest BCUT2D eigenvalue weighted by Gasteiger charge is -2.50. The number of aromatic carboxylic acids is 1. The fourth-order valence-electron chi connectivity index (χ4n) is 6.49. The molecule has 1 aliphatic heterocycles. The van der Waals surface area contributed by atoms with Gasteiger partial charge in [0.2, 0.25) is 0 Å². The van der Waals surface area contributed by atoms with Gasteiger partial charge in [0.15, 0.2) is 5.69 Å². The molecule has 0 atom stereocenters. The molecule has 2 aromatic carbocycles. The van der Waals surface area contributed by atoms with Crippen molar-refractivity contribution >= 4 is 51.8 Å². The molecule has 2 saturated carbocycles. The molecule has 3 heterocycles. The summed E-state index contributed by atoms with van der Waals surface area (Å²) in [7, 11) is 0. The maximum Gasteiger partial charge on any atom is 0.354 e. The molecule has 1 spiro atoms. The third-order valence-electron chi connectivity index (χ3n) is 8.84. The highest BCUT2D eigenvalue weighted by molar-refractivity contribution is 6.39. The van der Waals surface area contributed by atoms with Crippen LogP contribution in [-0.2, 0) is 0 Å². The standard InChI is InChI=1S/C32H29Cl2N3O3/c1-18-13-21-15-22(7-8-26(21)35-28(18)31(38)39)37-11-9-32(10-12-37)16-19(17-32)14-23-29(36-40-30(23)20-5-6-20)27-24(33)3-2-4-25(27)34/h2-4,7-8,13-15,20H,5-6,9-12,16-17H2,1H3,(H,38,39). The van der Waals surface area contributed by atoms with Gasteiger partial charge in [-0.05, 0) is 98.9 Å². The number of piperidine rings is 1. The lowest BCUT2D eigenvalue weighted by atomic mass is 9.60. The predicted molar refractivity (Wildman–Crippen MR) is 158 cm³/mol. The Kier molecular flexibility index (Phi) is 6.17. The van der Waals surface area contributed by atoms with E-state index in [0.717, 1.165) is 79.6 Å². The van der Waals surface area contributed by atoms with Crippen molar-refractivity contribution in [2.45, 2.75) is 51.4 Å². The van der Waals surface area contributed by atoms with E-state index in [9.17, 15) is 9.90 Å². The summed E-state index contributed by atoms with van der Waals surface area (Å²) in [6.07, 6.45) is 9.01. The predicted octanol–water partition coefficient (Wildman–Crippen LogP) is 8.54. The van der Waals surface area contributed by atoms with E-state index in [1.165, 1.54) is 11.3 Å². The molecule has 3 aliphatic rings. The molecular weight excluding hydrogens is 545 g/mol. The number of hydrogen-bond donors (Lipinski definition) is 1. The van der Waals surface area contributed by atoms with E-state index in [1.54, 1.807) is 6.92 Å². The quantitative estimate of drug-likeness (QED) is 0.257. The number of halogens is 2. The number of carboxylic acid groups (broad SMARTS) is 1. The van der Waals surface area contributed by atoms with E-state index in [4.69, 9.17) is 27.7 Å². The maximum absolute atomic E-state index is 11.5. The van der Waals surface area contributed by atoms with Crippen LogP contribution in [0.2, 0.25) is 10.0 Å². The van der Waals surface area contributed by atoms with Gasteiger partial charge in [0, 0.05) is 41.2 Å². The number of benzene rings is 2. The lowest BCUT2D eigenvalue weighted by Crippen LogP contribution is -2.44. The number of pyridine rings is 1. The van der Waals surface area contributed by atoms with E-state index < -0.39 is 5.97 Å². The zero-order valence-electron chi connectivity index (χ0n) is 22.2. The number of nitrogens with zero attached hydrogens (tertiary/aromatic N) is 3. The van der Waals surface area contributed by atoms with E-state index in [0.29, 0.717) is 32.5 Å². The van der Waals surface area contributed by atoms with Gasteiger partial charge in [-0.15, -0.1) is 0 Å². The van der Waals surface area contributed by atoms with Crippen molar-refractivity contribution in [3.63, 3.8) is 0 Å². The van der Waals surface area contributed by atoms with E-state index in [-0.39, 0.29) is 5.69 Å². The minimum atomic E-state index is -0.990. The van der Waals surface area contributed by atoms with Gasteiger partial charge in [-0.2, -0.15) is 0 Å². The Balaban J connectivity index is 1.08. The fourth-order valence-corrected chi connectivity index (χ4v) is 7.06. The number of carboxylic acids is 1. The highest BCUT2D eigenvalue weighted by Crippen LogP contribution is 2.54. The normalized spacial score (nSPS) is 18.3. The SMILES string of the molecule is Cc1cc2cc(N3CCC4(CC3)CC(=Cc3c(-c5c(Cl)cccc5Cl)noc3C3CC3)C4)ccc2nc1C(=O)O. The molecule has 1 N–H and O–H groups in total. The molecule has 6 nitrogen and oxygen atoms in total. The van der Waals surface area contributed by atoms with Gasteiger partial charge >= 0.3 is 5.97 Å². The first kappa shape index (κ1) is 25.6. The second kappa shape index (κ2) is 9.64. The molecule has 0 radical (unpaired) electrons. The summed E-state index contributed by atoms with van der Waals surface area (Å²) < 4.78 is 5.86. The summed E-state index contributed by atoms with van der Waals surface area (Å²) in [5.74, 6) is 0.407. The summed E-state index contributed by atoms with van der Waals surface area (Å²) in [5, 5.41) is 16.0. The van der Waals surface area contributed by atoms with Crippen molar-refractivity contribution < 1.29 is 14.4 Å². The third-order valence-corrected chi connectivity index (χ3v) is 9.47. The fraction of sp³-hybridized carbons (Fsp3) is 0.344. The van der Waals surface area contributed by atoms with Crippen molar-refractivity contribution in [2.24, 2.45) is 5.41 Å². The summed E-state index contributed by atoms with van der Waals surface area (Å²) in [6.45, 7) is 3.80. The summed E-state index contributed by atoms with van der Waals surface area (Å²) in [5.41, 5.74) is 7.00. The average molecular weight is 575 g/mol. The number of rotatable bonds is 5. The van der Waals surface area contributed by atoms with Crippen molar-refractivity contribution in [1.82, 2.24) is 10.1 Å². The van der Waals surface area contributed by atoms with Crippen molar-refractivity contribution in [3.8, 4) is 11.3 Å². The van der Waals surface area contributed by atoms with E-state index in [1.807, 2.05) is 30.3 Å². The average Bonchev–Trinajstić information content (AvgIpc) is 3.68. The van der Waals surface area contributed by atoms with E-state index >= 15 is 0 Å². The molecule has 1 saturated heterocycles. The molecule has 0 bridgehead atoms. The molecule has 0 amide bonds. The van der Waals surface area contributed by atoms with Crippen LogP contribution in [-0.4, -0.2) is 34.3 Å². The maximum atomic E-state index is 11.5. The molecule has 40 heavy (non-hydrogen) atoms. The van der Waals surface area contributed by atoms with E-state index in [2.05, 4.69) is 33.2 Å². The second-order valence-electron chi connectivity index (χ2n) is 11.7. The Morgan fingerprint density at radius 2 is 1.82 bits per heavy atom. The number of hydrogen-bond acceptors (Lipinski definition) is 5. The zero-order valence-corrected chi connectivity index (χ0v) is 23.7. The topological polar surface area (TPSA) is 79.5 Å². The molecule has 7 rings (SSSR count). The smallest absolute Gasteiger partial charge is 0.354 e. The summed E-state index contributed by atoms with van der Waals surface area (Å²) in [4.78, 5) is 18.2. The van der Waals surface area contributed by atoms with Crippen molar-refractivity contribution in [2.75, 3.05) is 18.0 Å². The first-order valence-corrected chi connectivity index (χ1v) is 14.6. The number of allylic oxidation sites excluding steroid dienone is 1. The van der Waals surface area contributed by atoms with Gasteiger partial charge in [-0.25, -0.2) is 9.78 Å². The van der Waals surface area contributed by atoms with Gasteiger partial charge in [0.05, 0.1) is 15.6 Å². The molecule has 2 aromatic heterocycles. The number of aromatic nitrogens is 2. The molecule has 0 unspecified atom stereocenters. The molecular formula is C32H29Cl2N3O3. The molecule has 4 aromatic rings. The Morgan fingerprint density at radius 3 is 2.50 bits per heavy atom. The van der Waals surface area contributed by atoms with Crippen LogP contribution >= 0.6 is 23.2 Å².